The number of halogens is 2. The number of fused-ring (bicyclic) bond motifs is 4. The van der Waals surface area contributed by atoms with Gasteiger partial charge in [-0.05, 0) is 50.7 Å². The molecule has 1 aliphatic heterocycles. The van der Waals surface area contributed by atoms with Gasteiger partial charge >= 0.3 is 0 Å². The fourth-order valence-corrected chi connectivity index (χ4v) is 5.80. The largest absolute Gasteiger partial charge is 1.00 e. The van der Waals surface area contributed by atoms with Crippen molar-refractivity contribution in [2.24, 2.45) is 0 Å². The zero-order valence-corrected chi connectivity index (χ0v) is 27.2. The maximum absolute atomic E-state index is 2.43. The van der Waals surface area contributed by atoms with E-state index in [-0.39, 0.29) is 36.4 Å². The SMILES string of the molecule is [Cl-].[I-].c1cc2c[n+](c1)CCCCCCCCCCCCc1ccc[n+](c1)CCCCCCCCCCCC2. The predicted octanol–water partition coefficient (Wildman–Crippen LogP) is 2.87. The predicted molar refractivity (Wildman–Crippen MR) is 153 cm³/mol. The van der Waals surface area contributed by atoms with E-state index in [0.717, 1.165) is 0 Å². The maximum Gasteiger partial charge on any atom is 0.171 e. The Kier molecular flexibility index (Phi) is 22.5. The van der Waals surface area contributed by atoms with Crippen LogP contribution in [0.25, 0.3) is 0 Å². The molecule has 216 valence electrons. The average molecular weight is 655 g/mol. The lowest BCUT2D eigenvalue weighted by atomic mass is 10.0. The van der Waals surface area contributed by atoms with Crippen LogP contribution in [0.5, 0.6) is 0 Å². The minimum atomic E-state index is 0. The standard InChI is InChI=1S/C34H56N2.ClH.HI/c1-3-7-11-15-19-27-35-29-22-26-34(32-35)24-18-14-10-6-2-4-8-12-16-20-28-36-30-21-25-33(31-36)23-17-13-9-5-1;;/h21-22,25-26,29-32H,1-20,23-24,27-28H2;2*1H/q+2;;/p-2. The van der Waals surface area contributed by atoms with Crippen LogP contribution in [0.1, 0.15) is 140 Å². The van der Waals surface area contributed by atoms with E-state index in [2.05, 4.69) is 58.2 Å². The van der Waals surface area contributed by atoms with Crippen molar-refractivity contribution >= 4 is 0 Å². The topological polar surface area (TPSA) is 7.76 Å². The van der Waals surface area contributed by atoms with E-state index in [4.69, 9.17) is 0 Å². The molecule has 38 heavy (non-hydrogen) atoms. The lowest BCUT2D eigenvalue weighted by Gasteiger charge is -2.05. The fraction of sp³-hybridized carbons (Fsp3) is 0.706. The van der Waals surface area contributed by atoms with Gasteiger partial charge in [0.25, 0.3) is 0 Å². The Morgan fingerprint density at radius 3 is 1.03 bits per heavy atom. The first-order valence-electron chi connectivity index (χ1n) is 15.9. The molecule has 0 N–H and O–H groups in total. The first-order valence-corrected chi connectivity index (χ1v) is 15.9. The molecule has 1 aliphatic rings. The summed E-state index contributed by atoms with van der Waals surface area (Å²) in [6.45, 7) is 2.38. The van der Waals surface area contributed by atoms with Gasteiger partial charge in [-0.2, -0.15) is 0 Å². The molecule has 2 aromatic heterocycles. The molecule has 0 spiro atoms. The highest BCUT2D eigenvalue weighted by atomic mass is 127. The van der Waals surface area contributed by atoms with E-state index in [0.29, 0.717) is 0 Å². The first-order chi connectivity index (χ1) is 17.9. The first kappa shape index (κ1) is 35.3. The van der Waals surface area contributed by atoms with Crippen molar-refractivity contribution in [3.63, 3.8) is 0 Å². The zero-order valence-electron chi connectivity index (χ0n) is 24.2. The van der Waals surface area contributed by atoms with E-state index in [1.165, 1.54) is 165 Å². The lowest BCUT2D eigenvalue weighted by molar-refractivity contribution is -0.697. The summed E-state index contributed by atoms with van der Waals surface area (Å²) in [7, 11) is 0. The number of aryl methyl sites for hydroxylation is 4. The van der Waals surface area contributed by atoms with E-state index >= 15 is 0 Å². The Morgan fingerprint density at radius 2 is 0.684 bits per heavy atom. The molecule has 4 bridgehead atoms. The highest BCUT2D eigenvalue weighted by Crippen LogP contribution is 2.14. The second-order valence-electron chi connectivity index (χ2n) is 11.5. The van der Waals surface area contributed by atoms with Crippen molar-refractivity contribution in [2.75, 3.05) is 0 Å². The van der Waals surface area contributed by atoms with Gasteiger partial charge in [0, 0.05) is 36.1 Å². The van der Waals surface area contributed by atoms with E-state index in [1.54, 1.807) is 0 Å². The monoisotopic (exact) mass is 654 g/mol. The second-order valence-corrected chi connectivity index (χ2v) is 11.5. The quantitative estimate of drug-likeness (QED) is 0.305. The van der Waals surface area contributed by atoms with Crippen molar-refractivity contribution in [1.82, 2.24) is 0 Å². The molecule has 0 fully saturated rings. The van der Waals surface area contributed by atoms with Crippen LogP contribution in [0.4, 0.5) is 0 Å². The van der Waals surface area contributed by atoms with Gasteiger partial charge in [-0.25, -0.2) is 9.13 Å². The zero-order chi connectivity index (χ0) is 24.9. The Bertz CT molecular complexity index is 687. The highest BCUT2D eigenvalue weighted by molar-refractivity contribution is 5.05. The molecular weight excluding hydrogens is 599 g/mol. The van der Waals surface area contributed by atoms with Crippen LogP contribution in [-0.2, 0) is 25.9 Å². The molecule has 2 aromatic rings. The van der Waals surface area contributed by atoms with Crippen LogP contribution in [0.3, 0.4) is 0 Å². The average Bonchev–Trinajstić information content (AvgIpc) is 2.90. The number of aromatic nitrogens is 2. The molecule has 0 amide bonds. The molecule has 0 unspecified atom stereocenters. The number of rotatable bonds is 0. The third kappa shape index (κ3) is 17.1. The number of nitrogens with zero attached hydrogens (tertiary/aromatic N) is 2. The van der Waals surface area contributed by atoms with Gasteiger partial charge in [0.2, 0.25) is 0 Å². The van der Waals surface area contributed by atoms with Crippen LogP contribution >= 0.6 is 0 Å². The van der Waals surface area contributed by atoms with Crippen molar-refractivity contribution in [3.05, 3.63) is 60.2 Å². The highest BCUT2D eigenvalue weighted by Gasteiger charge is 2.05. The summed E-state index contributed by atoms with van der Waals surface area (Å²) < 4.78 is 4.87. The van der Waals surface area contributed by atoms with Crippen LogP contribution in [0, 0.1) is 0 Å². The Labute approximate surface area is 258 Å². The summed E-state index contributed by atoms with van der Waals surface area (Å²) in [5.74, 6) is 0. The molecule has 3 rings (SSSR count). The summed E-state index contributed by atoms with van der Waals surface area (Å²) in [5, 5.41) is 0. The molecule has 0 saturated carbocycles. The third-order valence-corrected chi connectivity index (χ3v) is 8.10. The summed E-state index contributed by atoms with van der Waals surface area (Å²) >= 11 is 0. The molecule has 0 saturated heterocycles. The van der Waals surface area contributed by atoms with Crippen molar-refractivity contribution in [1.29, 1.82) is 0 Å². The lowest BCUT2D eigenvalue weighted by Crippen LogP contribution is -3.00. The summed E-state index contributed by atoms with van der Waals surface area (Å²) in [6, 6.07) is 9.17. The van der Waals surface area contributed by atoms with Crippen LogP contribution < -0.4 is 45.5 Å². The summed E-state index contributed by atoms with van der Waals surface area (Å²) in [5.41, 5.74) is 3.06. The van der Waals surface area contributed by atoms with Crippen LogP contribution in [0.2, 0.25) is 0 Å². The van der Waals surface area contributed by atoms with Crippen molar-refractivity contribution in [2.45, 2.75) is 154 Å². The van der Waals surface area contributed by atoms with Gasteiger partial charge in [0.15, 0.2) is 24.8 Å². The van der Waals surface area contributed by atoms with Crippen molar-refractivity contribution in [3.8, 4) is 0 Å². The van der Waals surface area contributed by atoms with Gasteiger partial charge < -0.3 is 36.4 Å². The number of hydrogen-bond acceptors (Lipinski definition) is 0. The third-order valence-electron chi connectivity index (χ3n) is 8.10. The minimum Gasteiger partial charge on any atom is -1.00 e. The van der Waals surface area contributed by atoms with Gasteiger partial charge in [-0.15, -0.1) is 0 Å². The van der Waals surface area contributed by atoms with E-state index < -0.39 is 0 Å². The summed E-state index contributed by atoms with van der Waals surface area (Å²) in [6.07, 6.45) is 39.9. The van der Waals surface area contributed by atoms with Gasteiger partial charge in [0.05, 0.1) is 0 Å². The van der Waals surface area contributed by atoms with Crippen LogP contribution in [-0.4, -0.2) is 0 Å². The minimum absolute atomic E-state index is 0. The van der Waals surface area contributed by atoms with Gasteiger partial charge in [0.1, 0.15) is 13.1 Å². The molecule has 0 radical (unpaired) electrons. The Hall–Kier alpha value is -0.680. The van der Waals surface area contributed by atoms with Gasteiger partial charge in [-0.1, -0.05) is 89.9 Å². The molecule has 0 aromatic carbocycles. The van der Waals surface area contributed by atoms with Crippen molar-refractivity contribution < 1.29 is 45.5 Å². The fourth-order valence-electron chi connectivity index (χ4n) is 5.80. The maximum atomic E-state index is 2.43. The molecule has 2 nitrogen and oxygen atoms in total. The molecule has 0 atom stereocenters. The molecule has 0 aliphatic carbocycles. The summed E-state index contributed by atoms with van der Waals surface area (Å²) in [4.78, 5) is 0. The Balaban J connectivity index is 0.00000361. The molecular formula is C34H56ClIN2. The molecule has 4 heteroatoms. The number of pyridine rings is 2. The van der Waals surface area contributed by atoms with E-state index in [9.17, 15) is 0 Å². The Morgan fingerprint density at radius 1 is 0.395 bits per heavy atom. The van der Waals surface area contributed by atoms with E-state index in [1.807, 2.05) is 0 Å². The second kappa shape index (κ2) is 24.1. The smallest absolute Gasteiger partial charge is 0.171 e. The molecule has 3 heterocycles. The van der Waals surface area contributed by atoms with Crippen LogP contribution in [0.15, 0.2) is 49.1 Å². The number of hydrogen-bond donors (Lipinski definition) is 0. The van der Waals surface area contributed by atoms with Gasteiger partial charge in [-0.3, -0.25) is 0 Å². The normalized spacial score (nSPS) is 18.7.